The number of rotatable bonds is 4. The summed E-state index contributed by atoms with van der Waals surface area (Å²) in [7, 11) is 0. The molecule has 3 heteroatoms. The molecular formula is C17H23N3. The summed E-state index contributed by atoms with van der Waals surface area (Å²) >= 11 is 0. The number of nitrogens with zero attached hydrogens (tertiary/aromatic N) is 2. The van der Waals surface area contributed by atoms with E-state index in [2.05, 4.69) is 58.2 Å². The first-order valence-corrected chi connectivity index (χ1v) is 7.53. The van der Waals surface area contributed by atoms with Crippen LogP contribution in [0.25, 0.3) is 0 Å². The maximum Gasteiger partial charge on any atom is 0.0367 e. The summed E-state index contributed by atoms with van der Waals surface area (Å²) in [6.45, 7) is 7.79. The average Bonchev–Trinajstić information content (AvgIpc) is 3.01. The van der Waals surface area contributed by atoms with Crippen LogP contribution >= 0.6 is 0 Å². The van der Waals surface area contributed by atoms with E-state index in [1.807, 2.05) is 6.20 Å². The molecule has 3 nitrogen and oxygen atoms in total. The van der Waals surface area contributed by atoms with E-state index >= 15 is 0 Å². The molecule has 1 aliphatic heterocycles. The smallest absolute Gasteiger partial charge is 0.0367 e. The molecule has 2 aromatic rings. The van der Waals surface area contributed by atoms with Gasteiger partial charge in [0.2, 0.25) is 0 Å². The second-order valence-electron chi connectivity index (χ2n) is 5.50. The van der Waals surface area contributed by atoms with Crippen molar-refractivity contribution in [2.75, 3.05) is 31.1 Å². The number of aromatic nitrogens is 1. The molecule has 20 heavy (non-hydrogen) atoms. The highest BCUT2D eigenvalue weighted by Gasteiger charge is 2.17. The predicted molar refractivity (Wildman–Crippen MR) is 84.1 cm³/mol. The van der Waals surface area contributed by atoms with Gasteiger partial charge in [-0.3, -0.25) is 4.90 Å². The summed E-state index contributed by atoms with van der Waals surface area (Å²) in [5.74, 6) is 0. The maximum atomic E-state index is 3.13. The zero-order valence-corrected chi connectivity index (χ0v) is 12.2. The number of nitrogens with one attached hydrogen (secondary N) is 1. The summed E-state index contributed by atoms with van der Waals surface area (Å²) in [4.78, 5) is 8.15. The van der Waals surface area contributed by atoms with Gasteiger partial charge in [0.1, 0.15) is 0 Å². The zero-order chi connectivity index (χ0) is 13.8. The van der Waals surface area contributed by atoms with Gasteiger partial charge in [0, 0.05) is 50.8 Å². The molecule has 1 aromatic heterocycles. The number of hydrogen-bond acceptors (Lipinski definition) is 2. The van der Waals surface area contributed by atoms with Crippen molar-refractivity contribution in [2.45, 2.75) is 19.9 Å². The molecule has 3 rings (SSSR count). The van der Waals surface area contributed by atoms with Crippen LogP contribution in [0.5, 0.6) is 0 Å². The van der Waals surface area contributed by atoms with Gasteiger partial charge < -0.3 is 9.88 Å². The molecule has 0 saturated carbocycles. The minimum Gasteiger partial charge on any atom is -0.369 e. The van der Waals surface area contributed by atoms with E-state index in [-0.39, 0.29) is 0 Å². The van der Waals surface area contributed by atoms with Crippen LogP contribution in [0.3, 0.4) is 0 Å². The van der Waals surface area contributed by atoms with Crippen LogP contribution < -0.4 is 4.90 Å². The first-order valence-electron chi connectivity index (χ1n) is 7.53. The minimum absolute atomic E-state index is 1.06. The van der Waals surface area contributed by atoms with Gasteiger partial charge in [0.15, 0.2) is 0 Å². The van der Waals surface area contributed by atoms with Crippen molar-refractivity contribution in [3.8, 4) is 0 Å². The molecule has 0 spiro atoms. The van der Waals surface area contributed by atoms with Crippen LogP contribution in [-0.4, -0.2) is 36.1 Å². The normalized spacial score (nSPS) is 16.6. The van der Waals surface area contributed by atoms with Crippen LogP contribution in [0, 0.1) is 0 Å². The van der Waals surface area contributed by atoms with Gasteiger partial charge in [0.25, 0.3) is 0 Å². The summed E-state index contributed by atoms with van der Waals surface area (Å²) in [6, 6.07) is 11.2. The van der Waals surface area contributed by atoms with Crippen LogP contribution in [-0.2, 0) is 13.0 Å². The van der Waals surface area contributed by atoms with Crippen LogP contribution in [0.2, 0.25) is 0 Å². The Bertz CT molecular complexity index is 508. The van der Waals surface area contributed by atoms with Crippen molar-refractivity contribution < 1.29 is 0 Å². The average molecular weight is 269 g/mol. The molecule has 0 amide bonds. The molecule has 0 unspecified atom stereocenters. The Balaban J connectivity index is 1.55. The number of hydrogen-bond donors (Lipinski definition) is 1. The van der Waals surface area contributed by atoms with Crippen LogP contribution in [0.15, 0.2) is 42.7 Å². The Morgan fingerprint density at radius 1 is 0.950 bits per heavy atom. The van der Waals surface area contributed by atoms with Crippen LogP contribution in [0.1, 0.15) is 18.1 Å². The van der Waals surface area contributed by atoms with Crippen molar-refractivity contribution >= 4 is 5.69 Å². The molecule has 0 radical (unpaired) electrons. The van der Waals surface area contributed by atoms with E-state index in [1.54, 1.807) is 0 Å². The fourth-order valence-electron chi connectivity index (χ4n) is 2.82. The number of anilines is 1. The summed E-state index contributed by atoms with van der Waals surface area (Å²) < 4.78 is 0. The van der Waals surface area contributed by atoms with Gasteiger partial charge in [-0.2, -0.15) is 0 Å². The molecule has 1 aromatic carbocycles. The molecule has 2 heterocycles. The Morgan fingerprint density at radius 3 is 2.30 bits per heavy atom. The third-order valence-corrected chi connectivity index (χ3v) is 4.15. The predicted octanol–water partition coefficient (Wildman–Crippen LogP) is 2.90. The lowest BCUT2D eigenvalue weighted by atomic mass is 10.1. The number of aromatic amines is 1. The Hall–Kier alpha value is -1.74. The fourth-order valence-corrected chi connectivity index (χ4v) is 2.82. The highest BCUT2D eigenvalue weighted by Crippen LogP contribution is 2.18. The number of H-pyrrole nitrogens is 1. The zero-order valence-electron chi connectivity index (χ0n) is 12.2. The van der Waals surface area contributed by atoms with E-state index in [0.717, 1.165) is 39.1 Å². The fraction of sp³-hybridized carbons (Fsp3) is 0.412. The molecule has 0 bridgehead atoms. The summed E-state index contributed by atoms with van der Waals surface area (Å²) in [5.41, 5.74) is 4.16. The molecule has 1 fully saturated rings. The van der Waals surface area contributed by atoms with E-state index in [9.17, 15) is 0 Å². The molecular weight excluding hydrogens is 246 g/mol. The molecule has 1 aliphatic rings. The molecule has 1 saturated heterocycles. The van der Waals surface area contributed by atoms with Gasteiger partial charge in [-0.05, 0) is 35.7 Å². The molecule has 0 atom stereocenters. The van der Waals surface area contributed by atoms with Crippen molar-refractivity contribution in [2.24, 2.45) is 0 Å². The molecule has 0 aliphatic carbocycles. The summed E-state index contributed by atoms with van der Waals surface area (Å²) in [5, 5.41) is 0. The quantitative estimate of drug-likeness (QED) is 0.922. The second-order valence-corrected chi connectivity index (χ2v) is 5.50. The van der Waals surface area contributed by atoms with E-state index in [1.165, 1.54) is 16.8 Å². The highest BCUT2D eigenvalue weighted by molar-refractivity contribution is 5.48. The van der Waals surface area contributed by atoms with Crippen LogP contribution in [0.4, 0.5) is 5.69 Å². The standard InChI is InChI=1S/C17H23N3/c1-2-15-3-5-17(6-4-15)20-11-9-19(10-12-20)14-16-7-8-18-13-16/h3-8,13,18H,2,9-12,14H2,1H3. The van der Waals surface area contributed by atoms with Gasteiger partial charge in [-0.1, -0.05) is 19.1 Å². The second kappa shape index (κ2) is 6.14. The molecule has 1 N–H and O–H groups in total. The largest absolute Gasteiger partial charge is 0.369 e. The van der Waals surface area contributed by atoms with Crippen molar-refractivity contribution in [1.29, 1.82) is 0 Å². The SMILES string of the molecule is CCc1ccc(N2CCN(Cc3cc[nH]c3)CC2)cc1. The van der Waals surface area contributed by atoms with Gasteiger partial charge in [-0.25, -0.2) is 0 Å². The lowest BCUT2D eigenvalue weighted by molar-refractivity contribution is 0.250. The summed E-state index contributed by atoms with van der Waals surface area (Å²) in [6.07, 6.45) is 5.21. The van der Waals surface area contributed by atoms with Gasteiger partial charge in [0.05, 0.1) is 0 Å². The number of benzene rings is 1. The third kappa shape index (κ3) is 3.05. The van der Waals surface area contributed by atoms with E-state index in [0.29, 0.717) is 0 Å². The lowest BCUT2D eigenvalue weighted by Gasteiger charge is -2.36. The van der Waals surface area contributed by atoms with Gasteiger partial charge in [-0.15, -0.1) is 0 Å². The van der Waals surface area contributed by atoms with Gasteiger partial charge >= 0.3 is 0 Å². The van der Waals surface area contributed by atoms with Crippen molar-refractivity contribution in [3.63, 3.8) is 0 Å². The Labute approximate surface area is 121 Å². The third-order valence-electron chi connectivity index (χ3n) is 4.15. The first kappa shape index (κ1) is 13.3. The first-order chi connectivity index (χ1) is 9.85. The monoisotopic (exact) mass is 269 g/mol. The van der Waals surface area contributed by atoms with E-state index < -0.39 is 0 Å². The number of piperazine rings is 1. The minimum atomic E-state index is 1.06. The van der Waals surface area contributed by atoms with Crippen molar-refractivity contribution in [3.05, 3.63) is 53.9 Å². The Morgan fingerprint density at radius 2 is 1.70 bits per heavy atom. The Kier molecular flexibility index (Phi) is 4.07. The lowest BCUT2D eigenvalue weighted by Crippen LogP contribution is -2.45. The van der Waals surface area contributed by atoms with Crippen molar-refractivity contribution in [1.82, 2.24) is 9.88 Å². The number of aryl methyl sites for hydroxylation is 1. The highest BCUT2D eigenvalue weighted by atomic mass is 15.3. The van der Waals surface area contributed by atoms with E-state index in [4.69, 9.17) is 0 Å². The molecule has 106 valence electrons. The topological polar surface area (TPSA) is 22.3 Å². The maximum absolute atomic E-state index is 3.13.